The highest BCUT2D eigenvalue weighted by Crippen LogP contribution is 2.27. The van der Waals surface area contributed by atoms with Gasteiger partial charge in [-0.1, -0.05) is 0 Å². The first-order valence-corrected chi connectivity index (χ1v) is 6.12. The third-order valence-electron chi connectivity index (χ3n) is 3.22. The second-order valence-corrected chi connectivity index (χ2v) is 4.45. The van der Waals surface area contributed by atoms with E-state index in [9.17, 15) is 4.39 Å². The lowest BCUT2D eigenvalue weighted by Gasteiger charge is -2.29. The Morgan fingerprint density at radius 1 is 1.11 bits per heavy atom. The number of benzene rings is 1. The van der Waals surface area contributed by atoms with E-state index in [1.165, 1.54) is 6.07 Å². The molecule has 94 valence electrons. The Labute approximate surface area is 105 Å². The molecule has 0 saturated carbocycles. The Balaban J connectivity index is 1.95. The van der Waals surface area contributed by atoms with Crippen molar-refractivity contribution in [3.63, 3.8) is 0 Å². The van der Waals surface area contributed by atoms with Crippen molar-refractivity contribution in [1.82, 2.24) is 5.32 Å². The fourth-order valence-electron chi connectivity index (χ4n) is 2.28. The topological polar surface area (TPSA) is 28.4 Å². The van der Waals surface area contributed by atoms with Crippen LogP contribution in [-0.2, 0) is 0 Å². The molecule has 3 nitrogen and oxygen atoms in total. The summed E-state index contributed by atoms with van der Waals surface area (Å²) in [5.74, 6) is -0.206. The summed E-state index contributed by atoms with van der Waals surface area (Å²) in [6, 6.07) is 6.99. The minimum Gasteiger partial charge on any atom is -0.472 e. The molecule has 0 spiro atoms. The first kappa shape index (κ1) is 11.3. The summed E-state index contributed by atoms with van der Waals surface area (Å²) in [4.78, 5) is 2.20. The fraction of sp³-hybridized carbons (Fsp3) is 0.286. The highest BCUT2D eigenvalue weighted by atomic mass is 19.1. The Hall–Kier alpha value is -1.81. The molecule has 1 aromatic carbocycles. The summed E-state index contributed by atoms with van der Waals surface area (Å²) in [5, 5.41) is 3.29. The minimum absolute atomic E-state index is 0.206. The van der Waals surface area contributed by atoms with Gasteiger partial charge in [0.2, 0.25) is 0 Å². The lowest BCUT2D eigenvalue weighted by atomic mass is 10.1. The average molecular weight is 246 g/mol. The fourth-order valence-corrected chi connectivity index (χ4v) is 2.28. The van der Waals surface area contributed by atoms with Gasteiger partial charge in [-0.3, -0.25) is 0 Å². The molecule has 0 atom stereocenters. The zero-order chi connectivity index (χ0) is 12.4. The molecule has 1 aromatic heterocycles. The van der Waals surface area contributed by atoms with Gasteiger partial charge in [-0.2, -0.15) is 0 Å². The summed E-state index contributed by atoms with van der Waals surface area (Å²) < 4.78 is 18.7. The van der Waals surface area contributed by atoms with Gasteiger partial charge in [0.25, 0.3) is 0 Å². The molecule has 1 aliphatic rings. The van der Waals surface area contributed by atoms with Gasteiger partial charge in [-0.05, 0) is 29.8 Å². The van der Waals surface area contributed by atoms with Gasteiger partial charge >= 0.3 is 0 Å². The number of anilines is 1. The van der Waals surface area contributed by atoms with E-state index < -0.39 is 0 Å². The van der Waals surface area contributed by atoms with Crippen LogP contribution in [0.25, 0.3) is 11.1 Å². The van der Waals surface area contributed by atoms with Crippen LogP contribution in [0.2, 0.25) is 0 Å². The predicted octanol–water partition coefficient (Wildman–Crippen LogP) is 2.50. The molecule has 18 heavy (non-hydrogen) atoms. The molecule has 0 bridgehead atoms. The van der Waals surface area contributed by atoms with Crippen molar-refractivity contribution >= 4 is 5.69 Å². The molecular weight excluding hydrogens is 231 g/mol. The number of hydrogen-bond donors (Lipinski definition) is 1. The minimum atomic E-state index is -0.206. The Bertz CT molecular complexity index is 519. The summed E-state index contributed by atoms with van der Waals surface area (Å²) in [7, 11) is 0. The molecule has 0 radical (unpaired) electrons. The van der Waals surface area contributed by atoms with Crippen molar-refractivity contribution in [3.05, 3.63) is 42.6 Å². The normalized spacial score (nSPS) is 15.9. The molecule has 0 amide bonds. The van der Waals surface area contributed by atoms with Crippen LogP contribution in [0, 0.1) is 5.82 Å². The molecule has 1 saturated heterocycles. The van der Waals surface area contributed by atoms with Crippen molar-refractivity contribution in [2.75, 3.05) is 31.1 Å². The third kappa shape index (κ3) is 2.24. The Kier molecular flexibility index (Phi) is 3.02. The maximum absolute atomic E-state index is 13.7. The van der Waals surface area contributed by atoms with E-state index in [0.717, 1.165) is 43.0 Å². The van der Waals surface area contributed by atoms with Crippen LogP contribution in [0.5, 0.6) is 0 Å². The van der Waals surface area contributed by atoms with E-state index >= 15 is 0 Å². The number of piperazine rings is 1. The van der Waals surface area contributed by atoms with E-state index in [4.69, 9.17) is 4.42 Å². The van der Waals surface area contributed by atoms with Crippen LogP contribution >= 0.6 is 0 Å². The largest absolute Gasteiger partial charge is 0.472 e. The van der Waals surface area contributed by atoms with E-state index in [1.54, 1.807) is 18.6 Å². The maximum atomic E-state index is 13.7. The lowest BCUT2D eigenvalue weighted by molar-refractivity contribution is 0.568. The molecular formula is C14H15FN2O. The highest BCUT2D eigenvalue weighted by Gasteiger charge is 2.13. The van der Waals surface area contributed by atoms with Crippen LogP contribution < -0.4 is 10.2 Å². The monoisotopic (exact) mass is 246 g/mol. The summed E-state index contributed by atoms with van der Waals surface area (Å²) >= 11 is 0. The molecule has 2 heterocycles. The Morgan fingerprint density at radius 3 is 2.67 bits per heavy atom. The number of hydrogen-bond acceptors (Lipinski definition) is 3. The van der Waals surface area contributed by atoms with Crippen molar-refractivity contribution in [2.45, 2.75) is 0 Å². The first-order valence-electron chi connectivity index (χ1n) is 6.12. The second kappa shape index (κ2) is 4.82. The van der Waals surface area contributed by atoms with Gasteiger partial charge in [0.15, 0.2) is 0 Å². The molecule has 0 unspecified atom stereocenters. The van der Waals surface area contributed by atoms with Crippen molar-refractivity contribution in [3.8, 4) is 11.1 Å². The van der Waals surface area contributed by atoms with Gasteiger partial charge in [0.1, 0.15) is 5.82 Å². The van der Waals surface area contributed by atoms with Crippen molar-refractivity contribution < 1.29 is 8.81 Å². The van der Waals surface area contributed by atoms with Crippen LogP contribution in [0.15, 0.2) is 41.2 Å². The number of furan rings is 1. The standard InChI is InChI=1S/C14H15FN2O/c15-13-7-12(11-1-6-18-10-11)8-14(9-13)17-4-2-16-3-5-17/h1,6-10,16H,2-5H2. The number of rotatable bonds is 2. The maximum Gasteiger partial charge on any atom is 0.125 e. The lowest BCUT2D eigenvalue weighted by Crippen LogP contribution is -2.43. The number of nitrogens with zero attached hydrogens (tertiary/aromatic N) is 1. The second-order valence-electron chi connectivity index (χ2n) is 4.45. The summed E-state index contributed by atoms with van der Waals surface area (Å²) in [6.07, 6.45) is 3.24. The van der Waals surface area contributed by atoms with Gasteiger partial charge in [-0.15, -0.1) is 0 Å². The van der Waals surface area contributed by atoms with Gasteiger partial charge in [0.05, 0.1) is 12.5 Å². The molecule has 3 rings (SSSR count). The summed E-state index contributed by atoms with van der Waals surface area (Å²) in [5.41, 5.74) is 2.70. The third-order valence-corrected chi connectivity index (χ3v) is 3.22. The average Bonchev–Trinajstić information content (AvgIpc) is 2.93. The first-order chi connectivity index (χ1) is 8.83. The zero-order valence-corrected chi connectivity index (χ0v) is 10.0. The highest BCUT2D eigenvalue weighted by molar-refractivity contribution is 5.68. The zero-order valence-electron chi connectivity index (χ0n) is 10.0. The molecule has 1 fully saturated rings. The van der Waals surface area contributed by atoms with Crippen LogP contribution in [0.1, 0.15) is 0 Å². The molecule has 2 aromatic rings. The molecule has 4 heteroatoms. The van der Waals surface area contributed by atoms with Gasteiger partial charge in [0, 0.05) is 37.4 Å². The van der Waals surface area contributed by atoms with Crippen molar-refractivity contribution in [1.29, 1.82) is 0 Å². The molecule has 1 aliphatic heterocycles. The van der Waals surface area contributed by atoms with E-state index in [0.29, 0.717) is 0 Å². The van der Waals surface area contributed by atoms with E-state index in [2.05, 4.69) is 10.2 Å². The van der Waals surface area contributed by atoms with E-state index in [1.807, 2.05) is 12.1 Å². The Morgan fingerprint density at radius 2 is 1.94 bits per heavy atom. The molecule has 1 N–H and O–H groups in total. The summed E-state index contributed by atoms with van der Waals surface area (Å²) in [6.45, 7) is 3.71. The molecule has 0 aliphatic carbocycles. The van der Waals surface area contributed by atoms with Gasteiger partial charge in [-0.25, -0.2) is 4.39 Å². The van der Waals surface area contributed by atoms with Crippen molar-refractivity contribution in [2.24, 2.45) is 0 Å². The predicted molar refractivity (Wildman–Crippen MR) is 69.2 cm³/mol. The van der Waals surface area contributed by atoms with Crippen LogP contribution in [-0.4, -0.2) is 26.2 Å². The number of nitrogens with one attached hydrogen (secondary N) is 1. The number of halogens is 1. The van der Waals surface area contributed by atoms with Gasteiger partial charge < -0.3 is 14.6 Å². The van der Waals surface area contributed by atoms with Crippen LogP contribution in [0.3, 0.4) is 0 Å². The smallest absolute Gasteiger partial charge is 0.125 e. The SMILES string of the molecule is Fc1cc(-c2ccoc2)cc(N2CCNCC2)c1. The van der Waals surface area contributed by atoms with Crippen LogP contribution in [0.4, 0.5) is 10.1 Å². The quantitative estimate of drug-likeness (QED) is 0.882. The van der Waals surface area contributed by atoms with E-state index in [-0.39, 0.29) is 5.82 Å².